The van der Waals surface area contributed by atoms with E-state index in [1.807, 2.05) is 0 Å². The zero-order valence-electron chi connectivity index (χ0n) is 9.95. The van der Waals surface area contributed by atoms with Gasteiger partial charge in [-0.15, -0.1) is 0 Å². The molecule has 0 aliphatic carbocycles. The van der Waals surface area contributed by atoms with Gasteiger partial charge in [-0.2, -0.15) is 5.10 Å². The van der Waals surface area contributed by atoms with E-state index < -0.39 is 0 Å². The molecule has 1 aliphatic heterocycles. The molecule has 2 heterocycles. The minimum atomic E-state index is -0.165. The second-order valence-corrected chi connectivity index (χ2v) is 4.81. The summed E-state index contributed by atoms with van der Waals surface area (Å²) in [5, 5.41) is 9.22. The van der Waals surface area contributed by atoms with Crippen LogP contribution < -0.4 is 11.1 Å². The summed E-state index contributed by atoms with van der Waals surface area (Å²) in [7, 11) is 0. The maximum Gasteiger partial charge on any atom is 0.269 e. The minimum Gasteiger partial charge on any atom is -0.382 e. The number of ether oxygens (including phenoxy) is 1. The Hall–Kier alpha value is -1.56. The van der Waals surface area contributed by atoms with E-state index in [0.717, 1.165) is 26.1 Å². The molecule has 1 aromatic heterocycles. The Morgan fingerprint density at radius 3 is 2.94 bits per heavy atom. The van der Waals surface area contributed by atoms with Crippen LogP contribution in [0.5, 0.6) is 0 Å². The van der Waals surface area contributed by atoms with Crippen LogP contribution >= 0.6 is 0 Å². The first-order valence-corrected chi connectivity index (χ1v) is 5.76. The lowest BCUT2D eigenvalue weighted by Gasteiger charge is -2.33. The fourth-order valence-electron chi connectivity index (χ4n) is 1.88. The molecule has 0 spiro atoms. The quantitative estimate of drug-likeness (QED) is 0.716. The third-order valence-electron chi connectivity index (χ3n) is 3.22. The number of hydrogen-bond donors (Lipinski definition) is 3. The Labute approximate surface area is 99.9 Å². The highest BCUT2D eigenvalue weighted by Gasteiger charge is 2.28. The molecule has 0 saturated carbocycles. The first-order valence-electron chi connectivity index (χ1n) is 5.76. The molecule has 2 rings (SSSR count). The molecule has 6 heteroatoms. The summed E-state index contributed by atoms with van der Waals surface area (Å²) in [6, 6.07) is 1.53. The number of anilines is 1. The van der Waals surface area contributed by atoms with Gasteiger partial charge in [-0.3, -0.25) is 9.89 Å². The number of aromatic amines is 1. The van der Waals surface area contributed by atoms with E-state index in [2.05, 4.69) is 22.4 Å². The normalized spacial score (nSPS) is 18.9. The fraction of sp³-hybridized carbons (Fsp3) is 0.636. The van der Waals surface area contributed by atoms with Crippen molar-refractivity contribution in [2.45, 2.75) is 19.8 Å². The topological polar surface area (TPSA) is 93.0 Å². The fourth-order valence-corrected chi connectivity index (χ4v) is 1.88. The number of carbonyl (C=O) groups is 1. The third-order valence-corrected chi connectivity index (χ3v) is 3.22. The van der Waals surface area contributed by atoms with Gasteiger partial charge >= 0.3 is 0 Å². The van der Waals surface area contributed by atoms with Crippen molar-refractivity contribution in [2.75, 3.05) is 25.5 Å². The van der Waals surface area contributed by atoms with Crippen LogP contribution in [0.1, 0.15) is 30.3 Å². The molecule has 1 saturated heterocycles. The molecule has 1 aliphatic rings. The van der Waals surface area contributed by atoms with Crippen LogP contribution in [-0.4, -0.2) is 35.9 Å². The highest BCUT2D eigenvalue weighted by atomic mass is 16.5. The lowest BCUT2D eigenvalue weighted by atomic mass is 9.82. The standard InChI is InChI=1S/C11H18N4O2/c1-11(2-4-17-5-3-11)7-13-10(16)8-6-9(12)15-14-8/h6H,2-5,7H2,1H3,(H,13,16)(H3,12,14,15). The molecule has 4 N–H and O–H groups in total. The monoisotopic (exact) mass is 238 g/mol. The van der Waals surface area contributed by atoms with E-state index in [9.17, 15) is 4.79 Å². The molecule has 1 fully saturated rings. The Balaban J connectivity index is 1.87. The largest absolute Gasteiger partial charge is 0.382 e. The highest BCUT2D eigenvalue weighted by molar-refractivity contribution is 5.92. The van der Waals surface area contributed by atoms with Crippen molar-refractivity contribution in [3.63, 3.8) is 0 Å². The molecule has 0 bridgehead atoms. The predicted octanol–water partition coefficient (Wildman–Crippen LogP) is 0.538. The number of aromatic nitrogens is 2. The number of H-pyrrole nitrogens is 1. The van der Waals surface area contributed by atoms with Gasteiger partial charge < -0.3 is 15.8 Å². The van der Waals surface area contributed by atoms with Crippen molar-refractivity contribution < 1.29 is 9.53 Å². The predicted molar refractivity (Wildman–Crippen MR) is 63.5 cm³/mol. The number of nitrogens with one attached hydrogen (secondary N) is 2. The second-order valence-electron chi connectivity index (χ2n) is 4.81. The van der Waals surface area contributed by atoms with E-state index >= 15 is 0 Å². The van der Waals surface area contributed by atoms with Gasteiger partial charge in [-0.05, 0) is 18.3 Å². The van der Waals surface area contributed by atoms with E-state index in [0.29, 0.717) is 18.1 Å². The van der Waals surface area contributed by atoms with Gasteiger partial charge in [0, 0.05) is 25.8 Å². The number of nitrogen functional groups attached to an aromatic ring is 1. The molecule has 1 aromatic rings. The van der Waals surface area contributed by atoms with Crippen molar-refractivity contribution in [3.8, 4) is 0 Å². The maximum absolute atomic E-state index is 11.8. The Bertz CT molecular complexity index is 396. The number of nitrogens with zero attached hydrogens (tertiary/aromatic N) is 1. The van der Waals surface area contributed by atoms with Crippen LogP contribution in [0, 0.1) is 5.41 Å². The summed E-state index contributed by atoms with van der Waals surface area (Å²) in [6.07, 6.45) is 1.94. The minimum absolute atomic E-state index is 0.124. The maximum atomic E-state index is 11.8. The van der Waals surface area contributed by atoms with Crippen LogP contribution in [0.2, 0.25) is 0 Å². The molecule has 6 nitrogen and oxygen atoms in total. The van der Waals surface area contributed by atoms with Crippen LogP contribution in [0.25, 0.3) is 0 Å². The van der Waals surface area contributed by atoms with Gasteiger partial charge in [0.1, 0.15) is 11.5 Å². The Morgan fingerprint density at radius 2 is 2.35 bits per heavy atom. The molecule has 0 unspecified atom stereocenters. The molecule has 0 atom stereocenters. The number of hydrogen-bond acceptors (Lipinski definition) is 4. The van der Waals surface area contributed by atoms with Gasteiger partial charge in [0.15, 0.2) is 0 Å². The van der Waals surface area contributed by atoms with Crippen LogP contribution in [0.4, 0.5) is 5.82 Å². The molecule has 1 amide bonds. The number of rotatable bonds is 3. The van der Waals surface area contributed by atoms with Gasteiger partial charge in [-0.25, -0.2) is 0 Å². The number of nitrogens with two attached hydrogens (primary N) is 1. The first-order chi connectivity index (χ1) is 8.09. The average Bonchev–Trinajstić information content (AvgIpc) is 2.74. The van der Waals surface area contributed by atoms with Crippen LogP contribution in [0.15, 0.2) is 6.07 Å². The van der Waals surface area contributed by atoms with Gasteiger partial charge in [0.05, 0.1) is 0 Å². The lowest BCUT2D eigenvalue weighted by Crippen LogP contribution is -2.39. The lowest BCUT2D eigenvalue weighted by molar-refractivity contribution is 0.0238. The zero-order chi connectivity index (χ0) is 12.3. The summed E-state index contributed by atoms with van der Waals surface area (Å²) in [5.74, 6) is 0.161. The summed E-state index contributed by atoms with van der Waals surface area (Å²) < 4.78 is 5.31. The Kier molecular flexibility index (Phi) is 3.33. The molecule has 0 aromatic carbocycles. The van der Waals surface area contributed by atoms with Crippen molar-refractivity contribution in [1.29, 1.82) is 0 Å². The smallest absolute Gasteiger partial charge is 0.269 e. The second kappa shape index (κ2) is 4.75. The molecular formula is C11H18N4O2. The van der Waals surface area contributed by atoms with E-state index in [-0.39, 0.29) is 11.3 Å². The van der Waals surface area contributed by atoms with Crippen LogP contribution in [-0.2, 0) is 4.74 Å². The van der Waals surface area contributed by atoms with Crippen molar-refractivity contribution in [3.05, 3.63) is 11.8 Å². The molecule has 17 heavy (non-hydrogen) atoms. The Morgan fingerprint density at radius 1 is 1.65 bits per heavy atom. The first kappa shape index (κ1) is 11.9. The van der Waals surface area contributed by atoms with Gasteiger partial charge in [0.25, 0.3) is 5.91 Å². The molecule has 0 radical (unpaired) electrons. The molecule has 94 valence electrons. The zero-order valence-corrected chi connectivity index (χ0v) is 9.95. The van der Waals surface area contributed by atoms with Gasteiger partial charge in [0.2, 0.25) is 0 Å². The SMILES string of the molecule is CC1(CNC(=O)c2cc(N)n[nH]2)CCOCC1. The van der Waals surface area contributed by atoms with Crippen molar-refractivity contribution >= 4 is 11.7 Å². The summed E-state index contributed by atoms with van der Waals surface area (Å²) in [4.78, 5) is 11.8. The van der Waals surface area contributed by atoms with Crippen molar-refractivity contribution in [2.24, 2.45) is 5.41 Å². The average molecular weight is 238 g/mol. The highest BCUT2D eigenvalue weighted by Crippen LogP contribution is 2.28. The summed E-state index contributed by atoms with van der Waals surface area (Å²) >= 11 is 0. The number of carbonyl (C=O) groups excluding carboxylic acids is 1. The van der Waals surface area contributed by atoms with E-state index in [1.54, 1.807) is 0 Å². The van der Waals surface area contributed by atoms with Gasteiger partial charge in [-0.1, -0.05) is 6.92 Å². The van der Waals surface area contributed by atoms with E-state index in [1.165, 1.54) is 6.07 Å². The number of amides is 1. The molecular weight excluding hydrogens is 220 g/mol. The third kappa shape index (κ3) is 2.97. The summed E-state index contributed by atoms with van der Waals surface area (Å²) in [5.41, 5.74) is 5.97. The van der Waals surface area contributed by atoms with Crippen LogP contribution in [0.3, 0.4) is 0 Å². The summed E-state index contributed by atoms with van der Waals surface area (Å²) in [6.45, 7) is 4.35. The van der Waals surface area contributed by atoms with Crippen molar-refractivity contribution in [1.82, 2.24) is 15.5 Å². The van der Waals surface area contributed by atoms with E-state index in [4.69, 9.17) is 10.5 Å².